The normalized spacial score (nSPS) is 10.9. The summed E-state index contributed by atoms with van der Waals surface area (Å²) < 4.78 is 6.84. The van der Waals surface area contributed by atoms with Crippen LogP contribution in [0.2, 0.25) is 0 Å². The van der Waals surface area contributed by atoms with Crippen LogP contribution in [0.25, 0.3) is 0 Å². The fourth-order valence-electron chi connectivity index (χ4n) is 1.02. The largest absolute Gasteiger partial charge is 0.477 e. The molecule has 0 amide bonds. The van der Waals surface area contributed by atoms with E-state index in [1.807, 2.05) is 13.8 Å². The maximum atomic E-state index is 10.7. The number of hydrogen-bond donors (Lipinski definition) is 1. The average Bonchev–Trinajstić information content (AvgIpc) is 2.43. The lowest BCUT2D eigenvalue weighted by Crippen LogP contribution is -2.10. The molecule has 0 spiro atoms. The highest BCUT2D eigenvalue weighted by Crippen LogP contribution is 2.05. The number of aromatic nitrogens is 2. The van der Waals surface area contributed by atoms with Gasteiger partial charge in [0.2, 0.25) is 0 Å². The number of nitrogens with zero attached hydrogens (tertiary/aromatic N) is 2. The van der Waals surface area contributed by atoms with E-state index in [1.165, 1.54) is 10.8 Å². The van der Waals surface area contributed by atoms with Gasteiger partial charge in [-0.25, -0.2) is 9.78 Å². The first kappa shape index (κ1) is 10.7. The molecule has 78 valence electrons. The summed E-state index contributed by atoms with van der Waals surface area (Å²) in [7, 11) is 1.66. The molecular weight excluding hydrogens is 184 g/mol. The lowest BCUT2D eigenvalue weighted by Gasteiger charge is -2.07. The van der Waals surface area contributed by atoms with E-state index in [2.05, 4.69) is 4.98 Å². The number of carbonyl (C=O) groups is 1. The van der Waals surface area contributed by atoms with Gasteiger partial charge in [0.1, 0.15) is 18.1 Å². The molecule has 0 saturated heterocycles. The highest BCUT2D eigenvalue weighted by atomic mass is 16.5. The second kappa shape index (κ2) is 4.23. The van der Waals surface area contributed by atoms with Crippen molar-refractivity contribution >= 4 is 5.97 Å². The Hall–Kier alpha value is -1.36. The molecule has 0 aliphatic rings. The molecule has 14 heavy (non-hydrogen) atoms. The van der Waals surface area contributed by atoms with Crippen molar-refractivity contribution in [2.45, 2.75) is 26.6 Å². The Balaban J connectivity index is 2.74. The van der Waals surface area contributed by atoms with Gasteiger partial charge in [0.05, 0.1) is 12.3 Å². The first-order chi connectivity index (χ1) is 6.52. The Morgan fingerprint density at radius 3 is 2.79 bits per heavy atom. The van der Waals surface area contributed by atoms with Crippen LogP contribution in [0.3, 0.4) is 0 Å². The SMILES string of the molecule is CC(C)OCc1ncc(C(=O)O)n1C. The molecule has 1 heterocycles. The molecule has 0 aliphatic carbocycles. The molecule has 0 bridgehead atoms. The van der Waals surface area contributed by atoms with Gasteiger partial charge in [-0.2, -0.15) is 0 Å². The molecule has 0 aromatic carbocycles. The number of carboxylic acids is 1. The minimum atomic E-state index is -0.976. The van der Waals surface area contributed by atoms with E-state index >= 15 is 0 Å². The Morgan fingerprint density at radius 1 is 1.71 bits per heavy atom. The Bertz CT molecular complexity index is 331. The topological polar surface area (TPSA) is 64.3 Å². The summed E-state index contributed by atoms with van der Waals surface area (Å²) in [4.78, 5) is 14.6. The Labute approximate surface area is 82.3 Å². The summed E-state index contributed by atoms with van der Waals surface area (Å²) >= 11 is 0. The van der Waals surface area contributed by atoms with Gasteiger partial charge in [-0.15, -0.1) is 0 Å². The van der Waals surface area contributed by atoms with Gasteiger partial charge in [-0.3, -0.25) is 0 Å². The van der Waals surface area contributed by atoms with Gasteiger partial charge in [0.25, 0.3) is 0 Å². The minimum absolute atomic E-state index is 0.111. The van der Waals surface area contributed by atoms with Crippen molar-refractivity contribution in [3.8, 4) is 0 Å². The van der Waals surface area contributed by atoms with E-state index in [0.717, 1.165) is 0 Å². The van der Waals surface area contributed by atoms with Crippen molar-refractivity contribution in [1.29, 1.82) is 0 Å². The third-order valence-electron chi connectivity index (χ3n) is 1.85. The van der Waals surface area contributed by atoms with Crippen molar-refractivity contribution in [2.75, 3.05) is 0 Å². The van der Waals surface area contributed by atoms with Gasteiger partial charge < -0.3 is 14.4 Å². The van der Waals surface area contributed by atoms with Gasteiger partial charge in [-0.1, -0.05) is 0 Å². The number of carboxylic acid groups (broad SMARTS) is 1. The molecule has 0 unspecified atom stereocenters. The molecule has 0 atom stereocenters. The summed E-state index contributed by atoms with van der Waals surface area (Å²) in [6.07, 6.45) is 1.45. The van der Waals surface area contributed by atoms with Crippen LogP contribution < -0.4 is 0 Å². The van der Waals surface area contributed by atoms with Crippen molar-refractivity contribution in [3.63, 3.8) is 0 Å². The maximum absolute atomic E-state index is 10.7. The van der Waals surface area contributed by atoms with E-state index < -0.39 is 5.97 Å². The lowest BCUT2D eigenvalue weighted by atomic mass is 10.4. The summed E-state index contributed by atoms with van der Waals surface area (Å²) in [5.74, 6) is -0.355. The second-order valence-corrected chi connectivity index (χ2v) is 3.28. The van der Waals surface area contributed by atoms with Crippen LogP contribution >= 0.6 is 0 Å². The molecule has 0 saturated carbocycles. The first-order valence-corrected chi connectivity index (χ1v) is 4.38. The summed E-state index contributed by atoms with van der Waals surface area (Å²) in [5, 5.41) is 8.75. The molecule has 1 aromatic heterocycles. The fraction of sp³-hybridized carbons (Fsp3) is 0.556. The fourth-order valence-corrected chi connectivity index (χ4v) is 1.02. The number of ether oxygens (including phenoxy) is 1. The number of imidazole rings is 1. The van der Waals surface area contributed by atoms with Crippen molar-refractivity contribution in [2.24, 2.45) is 7.05 Å². The smallest absolute Gasteiger partial charge is 0.354 e. The monoisotopic (exact) mass is 198 g/mol. The van der Waals surface area contributed by atoms with Crippen molar-refractivity contribution < 1.29 is 14.6 Å². The molecule has 1 N–H and O–H groups in total. The molecule has 0 aliphatic heterocycles. The standard InChI is InChI=1S/C9H14N2O3/c1-6(2)14-5-8-10-4-7(9(12)13)11(8)3/h4,6H,5H2,1-3H3,(H,12,13). The van der Waals surface area contributed by atoms with Crippen LogP contribution in [0, 0.1) is 0 Å². The molecular formula is C9H14N2O3. The van der Waals surface area contributed by atoms with Crippen molar-refractivity contribution in [1.82, 2.24) is 9.55 Å². The molecule has 0 fully saturated rings. The zero-order chi connectivity index (χ0) is 10.7. The third kappa shape index (κ3) is 2.32. The quantitative estimate of drug-likeness (QED) is 0.785. The number of aromatic carboxylic acids is 1. The summed E-state index contributed by atoms with van der Waals surface area (Å²) in [6, 6.07) is 0. The second-order valence-electron chi connectivity index (χ2n) is 3.28. The Morgan fingerprint density at radius 2 is 2.36 bits per heavy atom. The van der Waals surface area contributed by atoms with E-state index in [9.17, 15) is 4.79 Å². The zero-order valence-corrected chi connectivity index (χ0v) is 8.52. The zero-order valence-electron chi connectivity index (χ0n) is 8.52. The van der Waals surface area contributed by atoms with E-state index in [1.54, 1.807) is 7.05 Å². The number of rotatable bonds is 4. The highest BCUT2D eigenvalue weighted by molar-refractivity contribution is 5.85. The summed E-state index contributed by atoms with van der Waals surface area (Å²) in [5.41, 5.74) is 0.173. The first-order valence-electron chi connectivity index (χ1n) is 4.38. The lowest BCUT2D eigenvalue weighted by molar-refractivity contribution is 0.0592. The van der Waals surface area contributed by atoms with E-state index in [4.69, 9.17) is 9.84 Å². The van der Waals surface area contributed by atoms with Crippen LogP contribution in [-0.4, -0.2) is 26.7 Å². The highest BCUT2D eigenvalue weighted by Gasteiger charge is 2.12. The van der Waals surface area contributed by atoms with Crippen LogP contribution in [0.1, 0.15) is 30.2 Å². The van der Waals surface area contributed by atoms with Crippen LogP contribution in [0.5, 0.6) is 0 Å². The van der Waals surface area contributed by atoms with Crippen molar-refractivity contribution in [3.05, 3.63) is 17.7 Å². The summed E-state index contributed by atoms with van der Waals surface area (Å²) in [6.45, 7) is 4.17. The molecule has 0 radical (unpaired) electrons. The van der Waals surface area contributed by atoms with Gasteiger partial charge in [0, 0.05) is 7.05 Å². The molecule has 1 aromatic rings. The van der Waals surface area contributed by atoms with E-state index in [-0.39, 0.29) is 11.8 Å². The van der Waals surface area contributed by atoms with Gasteiger partial charge in [0.15, 0.2) is 0 Å². The Kier molecular flexibility index (Phi) is 3.24. The van der Waals surface area contributed by atoms with Crippen LogP contribution in [0.4, 0.5) is 0 Å². The maximum Gasteiger partial charge on any atom is 0.354 e. The van der Waals surface area contributed by atoms with E-state index in [0.29, 0.717) is 12.4 Å². The third-order valence-corrected chi connectivity index (χ3v) is 1.85. The van der Waals surface area contributed by atoms with Gasteiger partial charge >= 0.3 is 5.97 Å². The van der Waals surface area contributed by atoms with Crippen LogP contribution in [-0.2, 0) is 18.4 Å². The molecule has 5 heteroatoms. The number of hydrogen-bond acceptors (Lipinski definition) is 3. The van der Waals surface area contributed by atoms with Crippen LogP contribution in [0.15, 0.2) is 6.20 Å². The average molecular weight is 198 g/mol. The molecule has 1 rings (SSSR count). The predicted molar refractivity (Wildman–Crippen MR) is 50.1 cm³/mol. The molecule has 5 nitrogen and oxygen atoms in total. The van der Waals surface area contributed by atoms with Gasteiger partial charge in [-0.05, 0) is 13.8 Å². The predicted octanol–water partition coefficient (Wildman–Crippen LogP) is 1.04. The minimum Gasteiger partial charge on any atom is -0.477 e.